The summed E-state index contributed by atoms with van der Waals surface area (Å²) in [4.78, 5) is 37.5. The van der Waals surface area contributed by atoms with Crippen LogP contribution < -0.4 is 20.4 Å². The summed E-state index contributed by atoms with van der Waals surface area (Å²) in [5.41, 5.74) is -0.665. The van der Waals surface area contributed by atoms with Crippen LogP contribution in [-0.4, -0.2) is 57.1 Å². The van der Waals surface area contributed by atoms with E-state index in [0.29, 0.717) is 19.4 Å². The second-order valence-electron chi connectivity index (χ2n) is 9.15. The first-order valence-electron chi connectivity index (χ1n) is 11.6. The van der Waals surface area contributed by atoms with Crippen molar-refractivity contribution < 1.29 is 19.1 Å². The molecule has 0 saturated heterocycles. The molecular formula is C26H39N3O4Se. The van der Waals surface area contributed by atoms with E-state index >= 15 is 0 Å². The van der Waals surface area contributed by atoms with Crippen molar-refractivity contribution >= 4 is 37.3 Å². The Morgan fingerprint density at radius 3 is 2.38 bits per heavy atom. The zero-order valence-electron chi connectivity index (χ0n) is 20.9. The molecule has 7 nitrogen and oxygen atoms in total. The summed E-state index contributed by atoms with van der Waals surface area (Å²) in [6.07, 6.45) is 5.40. The summed E-state index contributed by atoms with van der Waals surface area (Å²) in [7, 11) is 0. The Balaban J connectivity index is 2.83. The fraction of sp³-hybridized carbons (Fsp3) is 0.500. The normalized spacial score (nSPS) is 13.2. The van der Waals surface area contributed by atoms with Crippen LogP contribution in [0.1, 0.15) is 47.5 Å². The number of alkyl carbamates (subject to hydrolysis) is 1. The van der Waals surface area contributed by atoms with E-state index in [1.165, 1.54) is 10.5 Å². The van der Waals surface area contributed by atoms with Gasteiger partial charge in [0.2, 0.25) is 0 Å². The second-order valence-corrected chi connectivity index (χ2v) is 11.6. The molecule has 1 aromatic rings. The number of amides is 3. The Labute approximate surface area is 210 Å². The van der Waals surface area contributed by atoms with Gasteiger partial charge >= 0.3 is 198 Å². The Bertz CT molecular complexity index is 819. The van der Waals surface area contributed by atoms with E-state index in [9.17, 15) is 14.4 Å². The van der Waals surface area contributed by atoms with Gasteiger partial charge in [-0.05, 0) is 0 Å². The van der Waals surface area contributed by atoms with Crippen LogP contribution in [0.3, 0.4) is 0 Å². The number of hydrogen-bond donors (Lipinski definition) is 3. The van der Waals surface area contributed by atoms with Crippen LogP contribution in [0.4, 0.5) is 4.79 Å². The predicted octanol–water partition coefficient (Wildman–Crippen LogP) is 3.11. The molecule has 3 amide bonds. The Morgan fingerprint density at radius 2 is 1.79 bits per heavy atom. The topological polar surface area (TPSA) is 96.5 Å². The van der Waals surface area contributed by atoms with E-state index in [4.69, 9.17) is 4.74 Å². The standard InChI is InChI=1S/C26H39N3O4Se/c1-7-8-17-27-23(30)15-14-21(19(2)3)28-24(31)22(29-25(32)33-26(4,5)6)16-18-34-20-12-10-9-11-13-20/h7,9-15,19,21-22H,1,8,16-18H2,2-6H3,(H,27,30)(H,28,31)(H,29,32)/b15-14+/t21-,22+/m1/s1. The van der Waals surface area contributed by atoms with Gasteiger partial charge in [-0.25, -0.2) is 0 Å². The van der Waals surface area contributed by atoms with E-state index in [1.807, 2.05) is 32.0 Å². The molecule has 0 fully saturated rings. The third kappa shape index (κ3) is 13.2. The fourth-order valence-corrected chi connectivity index (χ4v) is 4.75. The van der Waals surface area contributed by atoms with Gasteiger partial charge < -0.3 is 0 Å². The van der Waals surface area contributed by atoms with Crippen molar-refractivity contribution in [3.8, 4) is 0 Å². The molecule has 0 aliphatic carbocycles. The van der Waals surface area contributed by atoms with Crippen LogP contribution >= 0.6 is 0 Å². The maximum atomic E-state index is 13.1. The number of ether oxygens (including phenoxy) is 1. The van der Waals surface area contributed by atoms with Crippen molar-refractivity contribution in [3.63, 3.8) is 0 Å². The summed E-state index contributed by atoms with van der Waals surface area (Å²) in [5, 5.41) is 9.24. The molecule has 1 aromatic carbocycles. The minimum atomic E-state index is -0.739. The van der Waals surface area contributed by atoms with Crippen molar-refractivity contribution in [2.24, 2.45) is 5.92 Å². The summed E-state index contributed by atoms with van der Waals surface area (Å²) in [6.45, 7) is 13.4. The molecule has 3 N–H and O–H groups in total. The van der Waals surface area contributed by atoms with Gasteiger partial charge in [-0.1, -0.05) is 6.08 Å². The van der Waals surface area contributed by atoms with Crippen LogP contribution in [-0.2, 0) is 14.3 Å². The molecule has 0 radical (unpaired) electrons. The average Bonchev–Trinajstić information content (AvgIpc) is 2.75. The van der Waals surface area contributed by atoms with Gasteiger partial charge in [-0.2, -0.15) is 0 Å². The summed E-state index contributed by atoms with van der Waals surface area (Å²) < 4.78 is 6.60. The molecule has 0 saturated carbocycles. The molecule has 8 heteroatoms. The Hall–Kier alpha value is -2.57. The molecule has 1 rings (SSSR count). The Morgan fingerprint density at radius 1 is 1.12 bits per heavy atom. The van der Waals surface area contributed by atoms with E-state index < -0.39 is 17.7 Å². The number of hydrogen-bond acceptors (Lipinski definition) is 4. The van der Waals surface area contributed by atoms with Gasteiger partial charge in [0.1, 0.15) is 0 Å². The first kappa shape index (κ1) is 29.5. The molecule has 0 aliphatic rings. The SMILES string of the molecule is C=CCCNC(=O)/C=C/[C@@H](NC(=O)[C@H](CC[Se]c1ccccc1)NC(=O)OC(C)(C)C)C(C)C. The van der Waals surface area contributed by atoms with Crippen molar-refractivity contribution in [3.05, 3.63) is 55.1 Å². The first-order valence-corrected chi connectivity index (χ1v) is 13.6. The second kappa shape index (κ2) is 15.4. The molecule has 0 aliphatic heterocycles. The van der Waals surface area contributed by atoms with Crippen molar-refractivity contribution in [2.45, 2.75) is 70.5 Å². The van der Waals surface area contributed by atoms with Gasteiger partial charge in [0.15, 0.2) is 0 Å². The zero-order chi connectivity index (χ0) is 25.6. The molecule has 2 atom stereocenters. The van der Waals surface area contributed by atoms with E-state index in [1.54, 1.807) is 32.9 Å². The third-order valence-electron chi connectivity index (χ3n) is 4.56. The van der Waals surface area contributed by atoms with E-state index in [2.05, 4.69) is 34.7 Å². The van der Waals surface area contributed by atoms with Crippen LogP contribution in [0.15, 0.2) is 55.1 Å². The molecular weight excluding hydrogens is 497 g/mol. The van der Waals surface area contributed by atoms with Crippen LogP contribution in [0.25, 0.3) is 0 Å². The summed E-state index contributed by atoms with van der Waals surface area (Å²) >= 11 is 0.177. The monoisotopic (exact) mass is 537 g/mol. The van der Waals surface area contributed by atoms with Crippen LogP contribution in [0.5, 0.6) is 0 Å². The minimum absolute atomic E-state index is 0.0527. The van der Waals surface area contributed by atoms with Crippen molar-refractivity contribution in [2.75, 3.05) is 6.54 Å². The average molecular weight is 537 g/mol. The first-order chi connectivity index (χ1) is 16.0. The van der Waals surface area contributed by atoms with Crippen LogP contribution in [0.2, 0.25) is 5.32 Å². The van der Waals surface area contributed by atoms with Gasteiger partial charge in [-0.15, -0.1) is 6.58 Å². The maximum absolute atomic E-state index is 13.1. The number of carbonyl (C=O) groups is 3. The van der Waals surface area contributed by atoms with E-state index in [-0.39, 0.29) is 38.7 Å². The van der Waals surface area contributed by atoms with Crippen LogP contribution in [0, 0.1) is 5.92 Å². The van der Waals surface area contributed by atoms with Gasteiger partial charge in [0.25, 0.3) is 0 Å². The zero-order valence-corrected chi connectivity index (χ0v) is 22.6. The number of carbonyl (C=O) groups excluding carboxylic acids is 3. The Kier molecular flexibility index (Phi) is 13.3. The molecule has 0 aromatic heterocycles. The van der Waals surface area contributed by atoms with Crippen molar-refractivity contribution in [1.82, 2.24) is 16.0 Å². The van der Waals surface area contributed by atoms with Gasteiger partial charge in [0, 0.05) is 0 Å². The molecule has 34 heavy (non-hydrogen) atoms. The predicted molar refractivity (Wildman–Crippen MR) is 138 cm³/mol. The van der Waals surface area contributed by atoms with Gasteiger partial charge in [-0.3, -0.25) is 0 Å². The summed E-state index contributed by atoms with van der Waals surface area (Å²) in [6, 6.07) is 8.99. The fourth-order valence-electron chi connectivity index (χ4n) is 2.78. The number of nitrogens with one attached hydrogen (secondary N) is 3. The number of rotatable bonds is 13. The summed E-state index contributed by atoms with van der Waals surface area (Å²) in [5.74, 6) is -0.474. The quantitative estimate of drug-likeness (QED) is 0.156. The molecule has 188 valence electrons. The van der Waals surface area contributed by atoms with E-state index in [0.717, 1.165) is 5.32 Å². The molecule has 0 spiro atoms. The van der Waals surface area contributed by atoms with Gasteiger partial charge in [0.05, 0.1) is 0 Å². The molecule has 0 heterocycles. The van der Waals surface area contributed by atoms with Crippen molar-refractivity contribution in [1.29, 1.82) is 0 Å². The third-order valence-corrected chi connectivity index (χ3v) is 6.75. The molecule has 0 unspecified atom stereocenters. The molecule has 0 bridgehead atoms. The number of benzene rings is 1.